The van der Waals surface area contributed by atoms with Gasteiger partial charge in [-0.2, -0.15) is 5.10 Å². The standard InChI is InChI=1S/C17H23N5O/c1-12(13-6-8-18-9-7-13)10-16(23)21-15-4-2-14(3-5-15)17-19-11-20-22-17/h2-5,11-13,18H,6-10H2,1H3,(H,21,23)(H,19,20,22). The molecule has 122 valence electrons. The quantitative estimate of drug-likeness (QED) is 0.792. The van der Waals surface area contributed by atoms with E-state index >= 15 is 0 Å². The highest BCUT2D eigenvalue weighted by Gasteiger charge is 2.22. The van der Waals surface area contributed by atoms with Crippen molar-refractivity contribution in [1.29, 1.82) is 0 Å². The first-order valence-electron chi connectivity index (χ1n) is 8.19. The van der Waals surface area contributed by atoms with Crippen molar-refractivity contribution in [1.82, 2.24) is 20.5 Å². The number of anilines is 1. The molecule has 0 bridgehead atoms. The third-order valence-corrected chi connectivity index (χ3v) is 4.55. The molecule has 23 heavy (non-hydrogen) atoms. The number of benzene rings is 1. The summed E-state index contributed by atoms with van der Waals surface area (Å²) in [7, 11) is 0. The van der Waals surface area contributed by atoms with Crippen molar-refractivity contribution in [3.05, 3.63) is 30.6 Å². The maximum atomic E-state index is 12.2. The zero-order valence-electron chi connectivity index (χ0n) is 13.4. The summed E-state index contributed by atoms with van der Waals surface area (Å²) in [6, 6.07) is 7.63. The number of hydrogen-bond acceptors (Lipinski definition) is 4. The van der Waals surface area contributed by atoms with Crippen molar-refractivity contribution in [2.75, 3.05) is 18.4 Å². The van der Waals surface area contributed by atoms with E-state index in [1.807, 2.05) is 24.3 Å². The second-order valence-corrected chi connectivity index (χ2v) is 6.23. The van der Waals surface area contributed by atoms with Crippen LogP contribution in [-0.4, -0.2) is 34.2 Å². The first-order valence-corrected chi connectivity index (χ1v) is 8.19. The van der Waals surface area contributed by atoms with Gasteiger partial charge in [0.05, 0.1) is 0 Å². The van der Waals surface area contributed by atoms with Crippen LogP contribution in [0.1, 0.15) is 26.2 Å². The van der Waals surface area contributed by atoms with Crippen LogP contribution in [0.25, 0.3) is 11.4 Å². The van der Waals surface area contributed by atoms with Gasteiger partial charge in [0.2, 0.25) is 5.91 Å². The predicted molar refractivity (Wildman–Crippen MR) is 89.8 cm³/mol. The molecule has 1 aliphatic rings. The van der Waals surface area contributed by atoms with Crippen LogP contribution in [0, 0.1) is 11.8 Å². The average Bonchev–Trinajstić information content (AvgIpc) is 3.11. The number of aromatic nitrogens is 3. The highest BCUT2D eigenvalue weighted by atomic mass is 16.1. The summed E-state index contributed by atoms with van der Waals surface area (Å²) in [5.41, 5.74) is 1.76. The lowest BCUT2D eigenvalue weighted by Crippen LogP contribution is -2.32. The van der Waals surface area contributed by atoms with E-state index in [1.165, 1.54) is 19.2 Å². The highest BCUT2D eigenvalue weighted by molar-refractivity contribution is 5.91. The molecule has 0 aliphatic carbocycles. The minimum absolute atomic E-state index is 0.0865. The van der Waals surface area contributed by atoms with Crippen LogP contribution >= 0.6 is 0 Å². The Morgan fingerprint density at radius 1 is 1.30 bits per heavy atom. The van der Waals surface area contributed by atoms with Crippen LogP contribution < -0.4 is 10.6 Å². The number of H-pyrrole nitrogens is 1. The van der Waals surface area contributed by atoms with Gasteiger partial charge < -0.3 is 10.6 Å². The van der Waals surface area contributed by atoms with Crippen molar-refractivity contribution >= 4 is 11.6 Å². The summed E-state index contributed by atoms with van der Waals surface area (Å²) in [6.45, 7) is 4.32. The van der Waals surface area contributed by atoms with Crippen molar-refractivity contribution in [3.63, 3.8) is 0 Å². The minimum Gasteiger partial charge on any atom is -0.326 e. The molecule has 6 heteroatoms. The third-order valence-electron chi connectivity index (χ3n) is 4.55. The van der Waals surface area contributed by atoms with Crippen molar-refractivity contribution < 1.29 is 4.79 Å². The zero-order chi connectivity index (χ0) is 16.1. The Kier molecular flexibility index (Phi) is 5.02. The number of aromatic amines is 1. The van der Waals surface area contributed by atoms with E-state index in [-0.39, 0.29) is 5.91 Å². The molecule has 6 nitrogen and oxygen atoms in total. The van der Waals surface area contributed by atoms with Gasteiger partial charge in [-0.05, 0) is 62.0 Å². The van der Waals surface area contributed by atoms with Gasteiger partial charge in [-0.25, -0.2) is 4.98 Å². The molecule has 0 radical (unpaired) electrons. The van der Waals surface area contributed by atoms with Gasteiger partial charge in [0.15, 0.2) is 5.82 Å². The number of hydrogen-bond donors (Lipinski definition) is 3. The first-order chi connectivity index (χ1) is 11.2. The second-order valence-electron chi connectivity index (χ2n) is 6.23. The van der Waals surface area contributed by atoms with E-state index in [1.54, 1.807) is 0 Å². The van der Waals surface area contributed by atoms with E-state index in [0.29, 0.717) is 18.3 Å². The molecule has 0 saturated carbocycles. The maximum absolute atomic E-state index is 12.2. The molecule has 2 aromatic rings. The Balaban J connectivity index is 1.53. The van der Waals surface area contributed by atoms with E-state index in [2.05, 4.69) is 32.7 Å². The van der Waals surface area contributed by atoms with Crippen molar-refractivity contribution in [2.45, 2.75) is 26.2 Å². The Bertz CT molecular complexity index is 617. The lowest BCUT2D eigenvalue weighted by molar-refractivity contribution is -0.117. The monoisotopic (exact) mass is 313 g/mol. The average molecular weight is 313 g/mol. The number of piperidine rings is 1. The fourth-order valence-corrected chi connectivity index (χ4v) is 3.14. The smallest absolute Gasteiger partial charge is 0.224 e. The number of nitrogens with one attached hydrogen (secondary N) is 3. The molecular formula is C17H23N5O. The summed E-state index contributed by atoms with van der Waals surface area (Å²) in [4.78, 5) is 16.3. The van der Waals surface area contributed by atoms with E-state index < -0.39 is 0 Å². The number of amides is 1. The Morgan fingerprint density at radius 3 is 2.70 bits per heavy atom. The number of carbonyl (C=O) groups excluding carboxylic acids is 1. The van der Waals surface area contributed by atoms with Crippen molar-refractivity contribution in [3.8, 4) is 11.4 Å². The normalized spacial score (nSPS) is 16.9. The highest BCUT2D eigenvalue weighted by Crippen LogP contribution is 2.25. The summed E-state index contributed by atoms with van der Waals surface area (Å²) in [5.74, 6) is 1.88. The van der Waals surface area contributed by atoms with E-state index in [4.69, 9.17) is 0 Å². The molecule has 0 spiro atoms. The molecule has 1 amide bonds. The van der Waals surface area contributed by atoms with Crippen LogP contribution in [0.2, 0.25) is 0 Å². The second kappa shape index (κ2) is 7.37. The topological polar surface area (TPSA) is 82.7 Å². The summed E-state index contributed by atoms with van der Waals surface area (Å²) < 4.78 is 0. The molecule has 1 atom stereocenters. The van der Waals surface area contributed by atoms with Gasteiger partial charge in [0.1, 0.15) is 6.33 Å². The largest absolute Gasteiger partial charge is 0.326 e. The van der Waals surface area contributed by atoms with E-state index in [9.17, 15) is 4.79 Å². The lowest BCUT2D eigenvalue weighted by Gasteiger charge is -2.27. The summed E-state index contributed by atoms with van der Waals surface area (Å²) in [5, 5.41) is 13.0. The van der Waals surface area contributed by atoms with Gasteiger partial charge in [0.25, 0.3) is 0 Å². The van der Waals surface area contributed by atoms with Gasteiger partial charge in [-0.15, -0.1) is 0 Å². The van der Waals surface area contributed by atoms with Gasteiger partial charge >= 0.3 is 0 Å². The SMILES string of the molecule is CC(CC(=O)Nc1ccc(-c2ncn[nH]2)cc1)C1CCNCC1. The lowest BCUT2D eigenvalue weighted by atomic mass is 9.84. The van der Waals surface area contributed by atoms with Crippen LogP contribution in [0.3, 0.4) is 0 Å². The minimum atomic E-state index is 0.0865. The molecular weight excluding hydrogens is 290 g/mol. The van der Waals surface area contributed by atoms with Gasteiger partial charge in [0, 0.05) is 17.7 Å². The van der Waals surface area contributed by atoms with Crippen LogP contribution in [-0.2, 0) is 4.79 Å². The zero-order valence-corrected chi connectivity index (χ0v) is 13.4. The van der Waals surface area contributed by atoms with Gasteiger partial charge in [-0.3, -0.25) is 9.89 Å². The maximum Gasteiger partial charge on any atom is 0.224 e. The molecule has 3 N–H and O–H groups in total. The van der Waals surface area contributed by atoms with Crippen LogP contribution in [0.5, 0.6) is 0 Å². The van der Waals surface area contributed by atoms with Gasteiger partial charge in [-0.1, -0.05) is 6.92 Å². The predicted octanol–water partition coefficient (Wildman–Crippen LogP) is 2.44. The number of carbonyl (C=O) groups is 1. The van der Waals surface area contributed by atoms with Crippen LogP contribution in [0.15, 0.2) is 30.6 Å². The fourth-order valence-electron chi connectivity index (χ4n) is 3.14. The summed E-state index contributed by atoms with van der Waals surface area (Å²) >= 11 is 0. The number of nitrogens with zero attached hydrogens (tertiary/aromatic N) is 2. The molecule has 1 aromatic heterocycles. The Labute approximate surface area is 136 Å². The number of rotatable bonds is 5. The molecule has 1 saturated heterocycles. The Morgan fingerprint density at radius 2 is 2.04 bits per heavy atom. The fraction of sp³-hybridized carbons (Fsp3) is 0.471. The molecule has 2 heterocycles. The molecule has 1 fully saturated rings. The molecule has 1 aliphatic heterocycles. The molecule has 1 unspecified atom stereocenters. The van der Waals surface area contributed by atoms with Crippen molar-refractivity contribution in [2.24, 2.45) is 11.8 Å². The Hall–Kier alpha value is -2.21. The van der Waals surface area contributed by atoms with E-state index in [0.717, 1.165) is 30.2 Å². The third kappa shape index (κ3) is 4.16. The first kappa shape index (κ1) is 15.7. The van der Waals surface area contributed by atoms with Crippen LogP contribution in [0.4, 0.5) is 5.69 Å². The molecule has 3 rings (SSSR count). The molecule has 1 aromatic carbocycles. The summed E-state index contributed by atoms with van der Waals surface area (Å²) in [6.07, 6.45) is 4.39.